The molecule has 5 heteroatoms. The summed E-state index contributed by atoms with van der Waals surface area (Å²) < 4.78 is 6.44. The van der Waals surface area contributed by atoms with Gasteiger partial charge in [-0.15, -0.1) is 0 Å². The molecule has 2 aromatic rings. The van der Waals surface area contributed by atoms with Gasteiger partial charge < -0.3 is 10.5 Å². The number of nitrogens with zero attached hydrogens (tertiary/aromatic N) is 2. The van der Waals surface area contributed by atoms with E-state index < -0.39 is 0 Å². The van der Waals surface area contributed by atoms with Crippen LogP contribution in [0.15, 0.2) is 28.7 Å². The number of nitrogens with two attached hydrogens (primary N) is 1. The number of nitrogen functional groups attached to an aromatic ring is 1. The normalized spacial score (nSPS) is 10.9. The Hall–Kier alpha value is -1.62. The summed E-state index contributed by atoms with van der Waals surface area (Å²) in [6.07, 6.45) is 2.04. The number of aromatic nitrogens is 2. The SMILES string of the molecule is CCCc1nc(-c2ccc(OC(C)C)cc2)nc(N)c1Br. The number of rotatable bonds is 5. The van der Waals surface area contributed by atoms with E-state index in [-0.39, 0.29) is 6.10 Å². The van der Waals surface area contributed by atoms with Gasteiger partial charge in [-0.1, -0.05) is 13.3 Å². The Morgan fingerprint density at radius 3 is 2.43 bits per heavy atom. The Labute approximate surface area is 133 Å². The predicted molar refractivity (Wildman–Crippen MR) is 89.3 cm³/mol. The third kappa shape index (κ3) is 3.94. The largest absolute Gasteiger partial charge is 0.491 e. The lowest BCUT2D eigenvalue weighted by Gasteiger charge is -2.11. The summed E-state index contributed by atoms with van der Waals surface area (Å²) in [5, 5.41) is 0. The van der Waals surface area contributed by atoms with E-state index in [1.165, 1.54) is 0 Å². The van der Waals surface area contributed by atoms with Crippen LogP contribution in [-0.4, -0.2) is 16.1 Å². The van der Waals surface area contributed by atoms with Crippen LogP contribution in [0, 0.1) is 0 Å². The second-order valence-electron chi connectivity index (χ2n) is 5.13. The minimum atomic E-state index is 0.159. The highest BCUT2D eigenvalue weighted by molar-refractivity contribution is 9.10. The number of hydrogen-bond acceptors (Lipinski definition) is 4. The fraction of sp³-hybridized carbons (Fsp3) is 0.375. The number of hydrogen-bond donors (Lipinski definition) is 1. The highest BCUT2D eigenvalue weighted by atomic mass is 79.9. The molecule has 21 heavy (non-hydrogen) atoms. The van der Waals surface area contributed by atoms with Crippen LogP contribution in [-0.2, 0) is 6.42 Å². The van der Waals surface area contributed by atoms with E-state index in [4.69, 9.17) is 10.5 Å². The molecule has 0 aliphatic rings. The Kier molecular flexibility index (Phi) is 5.17. The first-order valence-corrected chi connectivity index (χ1v) is 7.89. The molecule has 0 saturated carbocycles. The van der Waals surface area contributed by atoms with E-state index in [1.807, 2.05) is 38.1 Å². The van der Waals surface area contributed by atoms with E-state index in [1.54, 1.807) is 0 Å². The molecule has 2 rings (SSSR count). The molecule has 0 unspecified atom stereocenters. The van der Waals surface area contributed by atoms with Crippen molar-refractivity contribution in [3.63, 3.8) is 0 Å². The van der Waals surface area contributed by atoms with Gasteiger partial charge in [0, 0.05) is 5.56 Å². The lowest BCUT2D eigenvalue weighted by atomic mass is 10.2. The second kappa shape index (κ2) is 6.89. The topological polar surface area (TPSA) is 61.0 Å². The number of anilines is 1. The van der Waals surface area contributed by atoms with Crippen LogP contribution in [0.4, 0.5) is 5.82 Å². The van der Waals surface area contributed by atoms with E-state index in [2.05, 4.69) is 32.8 Å². The fourth-order valence-electron chi connectivity index (χ4n) is 2.00. The molecule has 1 heterocycles. The van der Waals surface area contributed by atoms with E-state index in [0.29, 0.717) is 11.6 Å². The highest BCUT2D eigenvalue weighted by Crippen LogP contribution is 2.27. The minimum Gasteiger partial charge on any atom is -0.491 e. The van der Waals surface area contributed by atoms with Crippen LogP contribution in [0.1, 0.15) is 32.9 Å². The Morgan fingerprint density at radius 2 is 1.86 bits per heavy atom. The van der Waals surface area contributed by atoms with Crippen molar-refractivity contribution < 1.29 is 4.74 Å². The van der Waals surface area contributed by atoms with Crippen molar-refractivity contribution in [3.8, 4) is 17.1 Å². The van der Waals surface area contributed by atoms with Crippen molar-refractivity contribution in [2.24, 2.45) is 0 Å². The minimum absolute atomic E-state index is 0.159. The fourth-order valence-corrected chi connectivity index (χ4v) is 2.37. The monoisotopic (exact) mass is 349 g/mol. The quantitative estimate of drug-likeness (QED) is 0.877. The van der Waals surface area contributed by atoms with Crippen LogP contribution in [0.5, 0.6) is 5.75 Å². The molecule has 0 saturated heterocycles. The summed E-state index contributed by atoms with van der Waals surface area (Å²) in [7, 11) is 0. The van der Waals surface area contributed by atoms with Crippen molar-refractivity contribution in [1.82, 2.24) is 9.97 Å². The second-order valence-corrected chi connectivity index (χ2v) is 5.93. The van der Waals surface area contributed by atoms with Gasteiger partial charge in [-0.25, -0.2) is 9.97 Å². The van der Waals surface area contributed by atoms with Gasteiger partial charge in [0.2, 0.25) is 0 Å². The van der Waals surface area contributed by atoms with Gasteiger partial charge in [-0.05, 0) is 60.5 Å². The third-order valence-corrected chi connectivity index (χ3v) is 3.78. The average molecular weight is 350 g/mol. The summed E-state index contributed by atoms with van der Waals surface area (Å²) in [6.45, 7) is 6.12. The number of halogens is 1. The summed E-state index contributed by atoms with van der Waals surface area (Å²) in [6, 6.07) is 7.76. The van der Waals surface area contributed by atoms with Crippen molar-refractivity contribution in [2.75, 3.05) is 5.73 Å². The van der Waals surface area contributed by atoms with Crippen molar-refractivity contribution in [3.05, 3.63) is 34.4 Å². The van der Waals surface area contributed by atoms with Gasteiger partial charge in [0.15, 0.2) is 5.82 Å². The summed E-state index contributed by atoms with van der Waals surface area (Å²) in [4.78, 5) is 8.96. The van der Waals surface area contributed by atoms with Crippen LogP contribution in [0.2, 0.25) is 0 Å². The van der Waals surface area contributed by atoms with Crippen LogP contribution >= 0.6 is 15.9 Å². The lowest BCUT2D eigenvalue weighted by molar-refractivity contribution is 0.242. The highest BCUT2D eigenvalue weighted by Gasteiger charge is 2.11. The summed E-state index contributed by atoms with van der Waals surface area (Å²) in [5.41, 5.74) is 7.84. The molecule has 0 amide bonds. The first-order chi connectivity index (χ1) is 10.0. The van der Waals surface area contributed by atoms with Crippen LogP contribution in [0.3, 0.4) is 0 Å². The third-order valence-electron chi connectivity index (χ3n) is 2.92. The maximum absolute atomic E-state index is 5.96. The Bertz CT molecular complexity index is 612. The predicted octanol–water partition coefficient (Wildman–Crippen LogP) is 4.23. The molecule has 1 aromatic heterocycles. The van der Waals surface area contributed by atoms with Gasteiger partial charge in [0.1, 0.15) is 11.6 Å². The lowest BCUT2D eigenvalue weighted by Crippen LogP contribution is -2.05. The molecule has 4 nitrogen and oxygen atoms in total. The zero-order valence-corrected chi connectivity index (χ0v) is 14.1. The van der Waals surface area contributed by atoms with Crippen LogP contribution in [0.25, 0.3) is 11.4 Å². The van der Waals surface area contributed by atoms with Crippen molar-refractivity contribution >= 4 is 21.7 Å². The molecule has 0 radical (unpaired) electrons. The number of benzene rings is 1. The summed E-state index contributed by atoms with van der Waals surface area (Å²) in [5.74, 6) is 1.97. The molecule has 0 aliphatic carbocycles. The Morgan fingerprint density at radius 1 is 1.19 bits per heavy atom. The maximum Gasteiger partial charge on any atom is 0.161 e. The van der Waals surface area contributed by atoms with E-state index >= 15 is 0 Å². The zero-order chi connectivity index (χ0) is 15.4. The molecule has 0 bridgehead atoms. The van der Waals surface area contributed by atoms with Gasteiger partial charge in [-0.3, -0.25) is 0 Å². The van der Waals surface area contributed by atoms with Gasteiger partial charge in [0.05, 0.1) is 16.3 Å². The molecule has 0 aliphatic heterocycles. The molecular weight excluding hydrogens is 330 g/mol. The molecular formula is C16H20BrN3O. The smallest absolute Gasteiger partial charge is 0.161 e. The first kappa shape index (κ1) is 15.8. The molecule has 0 spiro atoms. The van der Waals surface area contributed by atoms with Crippen molar-refractivity contribution in [2.45, 2.75) is 39.7 Å². The van der Waals surface area contributed by atoms with E-state index in [0.717, 1.165) is 34.3 Å². The number of aryl methyl sites for hydroxylation is 1. The standard InChI is InChI=1S/C16H20BrN3O/c1-4-5-13-14(17)15(18)20-16(19-13)11-6-8-12(9-7-11)21-10(2)3/h6-10H,4-5H2,1-3H3,(H2,18,19,20). The molecule has 112 valence electrons. The number of ether oxygens (including phenoxy) is 1. The Balaban J connectivity index is 2.33. The molecule has 2 N–H and O–H groups in total. The maximum atomic E-state index is 5.96. The van der Waals surface area contributed by atoms with Crippen LogP contribution < -0.4 is 10.5 Å². The molecule has 1 aromatic carbocycles. The van der Waals surface area contributed by atoms with Gasteiger partial charge >= 0.3 is 0 Å². The summed E-state index contributed by atoms with van der Waals surface area (Å²) >= 11 is 3.46. The van der Waals surface area contributed by atoms with E-state index in [9.17, 15) is 0 Å². The van der Waals surface area contributed by atoms with Gasteiger partial charge in [-0.2, -0.15) is 0 Å². The van der Waals surface area contributed by atoms with Gasteiger partial charge in [0.25, 0.3) is 0 Å². The first-order valence-electron chi connectivity index (χ1n) is 7.10. The zero-order valence-electron chi connectivity index (χ0n) is 12.6. The average Bonchev–Trinajstić information content (AvgIpc) is 2.44. The van der Waals surface area contributed by atoms with Crippen molar-refractivity contribution in [1.29, 1.82) is 0 Å². The molecule has 0 atom stereocenters. The molecule has 0 fully saturated rings.